The van der Waals surface area contributed by atoms with Crippen molar-refractivity contribution in [1.82, 2.24) is 9.97 Å². The van der Waals surface area contributed by atoms with Gasteiger partial charge in [-0.1, -0.05) is 30.7 Å². The number of hydrogen-bond acceptors (Lipinski definition) is 5. The molecule has 2 rings (SSSR count). The summed E-state index contributed by atoms with van der Waals surface area (Å²) in [5, 5.41) is 3.75. The number of ether oxygens (including phenoxy) is 1. The molecule has 0 aliphatic rings. The average Bonchev–Trinajstić information content (AvgIpc) is 2.43. The van der Waals surface area contributed by atoms with Gasteiger partial charge in [0.25, 0.3) is 0 Å². The van der Waals surface area contributed by atoms with Crippen LogP contribution in [0.15, 0.2) is 24.5 Å². The Morgan fingerprint density at radius 3 is 2.85 bits per heavy atom. The third-order valence-electron chi connectivity index (χ3n) is 2.76. The summed E-state index contributed by atoms with van der Waals surface area (Å²) in [6.07, 6.45) is 2.30. The third kappa shape index (κ3) is 3.11. The maximum Gasteiger partial charge on any atom is 0.242 e. The predicted molar refractivity (Wildman–Crippen MR) is 81.7 cm³/mol. The number of anilines is 3. The molecule has 0 atom stereocenters. The summed E-state index contributed by atoms with van der Waals surface area (Å²) in [4.78, 5) is 8.17. The Hall–Kier alpha value is -2.01. The number of benzene rings is 1. The van der Waals surface area contributed by atoms with Gasteiger partial charge in [-0.2, -0.15) is 4.98 Å². The quantitative estimate of drug-likeness (QED) is 0.881. The van der Waals surface area contributed by atoms with Crippen LogP contribution < -0.4 is 15.8 Å². The Kier molecular flexibility index (Phi) is 4.63. The van der Waals surface area contributed by atoms with Gasteiger partial charge in [0.1, 0.15) is 12.0 Å². The fourth-order valence-corrected chi connectivity index (χ4v) is 1.97. The van der Waals surface area contributed by atoms with Crippen molar-refractivity contribution in [2.45, 2.75) is 20.3 Å². The maximum absolute atomic E-state index is 6.18. The summed E-state index contributed by atoms with van der Waals surface area (Å²) in [6.45, 7) is 4.54. The molecule has 3 N–H and O–H groups in total. The number of halogens is 1. The zero-order valence-electron chi connectivity index (χ0n) is 11.5. The van der Waals surface area contributed by atoms with E-state index in [2.05, 4.69) is 15.3 Å². The maximum atomic E-state index is 6.18. The Labute approximate surface area is 123 Å². The van der Waals surface area contributed by atoms with Crippen molar-refractivity contribution < 1.29 is 4.74 Å². The lowest BCUT2D eigenvalue weighted by molar-refractivity contribution is 0.307. The molecule has 0 bridgehead atoms. The van der Waals surface area contributed by atoms with Gasteiger partial charge < -0.3 is 15.8 Å². The number of nitrogens with zero attached hydrogens (tertiary/aromatic N) is 2. The van der Waals surface area contributed by atoms with Gasteiger partial charge in [-0.05, 0) is 25.0 Å². The SMILES string of the molecule is CCCOc1ncnc(Nc2c(C)cccc2Cl)c1N. The van der Waals surface area contributed by atoms with E-state index in [-0.39, 0.29) is 0 Å². The number of para-hydroxylation sites is 1. The van der Waals surface area contributed by atoms with Crippen LogP contribution >= 0.6 is 11.6 Å². The number of hydrogen-bond donors (Lipinski definition) is 2. The van der Waals surface area contributed by atoms with Gasteiger partial charge in [-0.3, -0.25) is 0 Å². The van der Waals surface area contributed by atoms with E-state index in [9.17, 15) is 0 Å². The van der Waals surface area contributed by atoms with Crippen LogP contribution in [0.25, 0.3) is 0 Å². The van der Waals surface area contributed by atoms with Gasteiger partial charge in [0, 0.05) is 0 Å². The summed E-state index contributed by atoms with van der Waals surface area (Å²) >= 11 is 6.18. The van der Waals surface area contributed by atoms with Crippen molar-refractivity contribution >= 4 is 28.8 Å². The highest BCUT2D eigenvalue weighted by molar-refractivity contribution is 6.33. The first kappa shape index (κ1) is 14.4. The highest BCUT2D eigenvalue weighted by Crippen LogP contribution is 2.32. The van der Waals surface area contributed by atoms with Crippen molar-refractivity contribution in [3.8, 4) is 5.88 Å². The third-order valence-corrected chi connectivity index (χ3v) is 3.07. The van der Waals surface area contributed by atoms with Crippen molar-refractivity contribution in [2.75, 3.05) is 17.7 Å². The summed E-state index contributed by atoms with van der Waals surface area (Å²) in [5.41, 5.74) is 8.18. The molecule has 0 saturated carbocycles. The van der Waals surface area contributed by atoms with E-state index in [4.69, 9.17) is 22.1 Å². The zero-order valence-corrected chi connectivity index (χ0v) is 12.2. The van der Waals surface area contributed by atoms with E-state index >= 15 is 0 Å². The van der Waals surface area contributed by atoms with Gasteiger partial charge in [-0.15, -0.1) is 0 Å². The minimum absolute atomic E-state index is 0.375. The first-order valence-corrected chi connectivity index (χ1v) is 6.76. The molecule has 0 spiro atoms. The smallest absolute Gasteiger partial charge is 0.242 e. The minimum atomic E-state index is 0.375. The number of rotatable bonds is 5. The van der Waals surface area contributed by atoms with E-state index < -0.39 is 0 Å². The number of aromatic nitrogens is 2. The second kappa shape index (κ2) is 6.43. The summed E-state index contributed by atoms with van der Waals surface area (Å²) in [7, 11) is 0. The fourth-order valence-electron chi connectivity index (χ4n) is 1.70. The number of nitrogen functional groups attached to an aromatic ring is 1. The van der Waals surface area contributed by atoms with Gasteiger partial charge in [0.05, 0.1) is 17.3 Å². The molecule has 2 aromatic rings. The fraction of sp³-hybridized carbons (Fsp3) is 0.286. The number of nitrogens with two attached hydrogens (primary N) is 1. The Morgan fingerprint density at radius 2 is 2.15 bits per heavy atom. The normalized spacial score (nSPS) is 10.3. The summed E-state index contributed by atoms with van der Waals surface area (Å²) in [5.74, 6) is 0.872. The van der Waals surface area contributed by atoms with Crippen molar-refractivity contribution in [1.29, 1.82) is 0 Å². The molecule has 5 nitrogen and oxygen atoms in total. The van der Waals surface area contributed by atoms with Gasteiger partial charge >= 0.3 is 0 Å². The Bertz CT molecular complexity index is 583. The van der Waals surface area contributed by atoms with Crippen LogP contribution in [-0.2, 0) is 0 Å². The first-order chi connectivity index (χ1) is 9.63. The van der Waals surface area contributed by atoms with Gasteiger partial charge in [0.15, 0.2) is 5.82 Å². The molecule has 0 unspecified atom stereocenters. The lowest BCUT2D eigenvalue weighted by atomic mass is 10.2. The molecule has 0 radical (unpaired) electrons. The largest absolute Gasteiger partial charge is 0.476 e. The molecule has 0 saturated heterocycles. The van der Waals surface area contributed by atoms with E-state index in [1.54, 1.807) is 0 Å². The topological polar surface area (TPSA) is 73.1 Å². The van der Waals surface area contributed by atoms with Crippen molar-refractivity contribution in [3.63, 3.8) is 0 Å². The van der Waals surface area contributed by atoms with Crippen LogP contribution in [0.4, 0.5) is 17.2 Å². The average molecular weight is 293 g/mol. The van der Waals surface area contributed by atoms with Gasteiger partial charge in [-0.25, -0.2) is 4.98 Å². The molecule has 6 heteroatoms. The lowest BCUT2D eigenvalue weighted by Crippen LogP contribution is -2.06. The van der Waals surface area contributed by atoms with E-state index in [1.807, 2.05) is 32.0 Å². The Morgan fingerprint density at radius 1 is 1.35 bits per heavy atom. The van der Waals surface area contributed by atoms with Crippen LogP contribution in [0.1, 0.15) is 18.9 Å². The molecule has 0 amide bonds. The molecule has 0 aliphatic heterocycles. The molecule has 0 aliphatic carbocycles. The lowest BCUT2D eigenvalue weighted by Gasteiger charge is -2.14. The van der Waals surface area contributed by atoms with Crippen LogP contribution in [0, 0.1) is 6.92 Å². The van der Waals surface area contributed by atoms with Crippen molar-refractivity contribution in [2.24, 2.45) is 0 Å². The second-order valence-corrected chi connectivity index (χ2v) is 4.75. The highest BCUT2D eigenvalue weighted by atomic mass is 35.5. The summed E-state index contributed by atoms with van der Waals surface area (Å²) < 4.78 is 5.48. The van der Waals surface area contributed by atoms with Crippen LogP contribution in [0.5, 0.6) is 5.88 Å². The number of nitrogens with one attached hydrogen (secondary N) is 1. The van der Waals surface area contributed by atoms with E-state index in [0.717, 1.165) is 17.7 Å². The molecule has 20 heavy (non-hydrogen) atoms. The van der Waals surface area contributed by atoms with Crippen LogP contribution in [-0.4, -0.2) is 16.6 Å². The van der Waals surface area contributed by atoms with E-state index in [0.29, 0.717) is 29.0 Å². The standard InChI is InChI=1S/C14H17ClN4O/c1-3-7-20-14-11(16)13(17-8-18-14)19-12-9(2)5-4-6-10(12)15/h4-6,8H,3,7,16H2,1-2H3,(H,17,18,19). The molecule has 1 aromatic carbocycles. The molecular formula is C14H17ClN4O. The molecule has 0 fully saturated rings. The first-order valence-electron chi connectivity index (χ1n) is 6.39. The molecular weight excluding hydrogens is 276 g/mol. The van der Waals surface area contributed by atoms with E-state index in [1.165, 1.54) is 6.33 Å². The Balaban J connectivity index is 2.30. The van der Waals surface area contributed by atoms with Crippen LogP contribution in [0.3, 0.4) is 0 Å². The highest BCUT2D eigenvalue weighted by Gasteiger charge is 2.11. The number of aryl methyl sites for hydroxylation is 1. The van der Waals surface area contributed by atoms with Crippen LogP contribution in [0.2, 0.25) is 5.02 Å². The zero-order chi connectivity index (χ0) is 14.5. The monoisotopic (exact) mass is 292 g/mol. The minimum Gasteiger partial charge on any atom is -0.476 e. The summed E-state index contributed by atoms with van der Waals surface area (Å²) in [6, 6.07) is 5.66. The molecule has 1 aromatic heterocycles. The molecule has 106 valence electrons. The second-order valence-electron chi connectivity index (χ2n) is 4.35. The van der Waals surface area contributed by atoms with Crippen molar-refractivity contribution in [3.05, 3.63) is 35.1 Å². The molecule has 1 heterocycles. The van der Waals surface area contributed by atoms with Gasteiger partial charge in [0.2, 0.25) is 5.88 Å². The predicted octanol–water partition coefficient (Wildman–Crippen LogP) is 3.55.